The van der Waals surface area contributed by atoms with Crippen molar-refractivity contribution < 1.29 is 23.1 Å². The van der Waals surface area contributed by atoms with E-state index in [1.807, 2.05) is 0 Å². The summed E-state index contributed by atoms with van der Waals surface area (Å²) in [6.07, 6.45) is -4.65. The second kappa shape index (κ2) is 3.78. The van der Waals surface area contributed by atoms with Crippen molar-refractivity contribution >= 4 is 5.97 Å². The van der Waals surface area contributed by atoms with Crippen LogP contribution in [0.25, 0.3) is 0 Å². The maximum atomic E-state index is 11.9. The van der Waals surface area contributed by atoms with Gasteiger partial charge in [0.2, 0.25) is 0 Å². The maximum absolute atomic E-state index is 11.9. The summed E-state index contributed by atoms with van der Waals surface area (Å²) in [6.45, 7) is 2.25. The summed E-state index contributed by atoms with van der Waals surface area (Å²) >= 11 is 0. The van der Waals surface area contributed by atoms with E-state index in [9.17, 15) is 18.0 Å². The Morgan fingerprint density at radius 1 is 1.42 bits per heavy atom. The Morgan fingerprint density at radius 2 is 1.83 bits per heavy atom. The second-order valence-corrected chi connectivity index (χ2v) is 2.92. The van der Waals surface area contributed by atoms with Crippen molar-refractivity contribution in [3.05, 3.63) is 0 Å². The first-order chi connectivity index (χ1) is 5.25. The number of carbonyl (C=O) groups is 1. The number of alkyl halides is 3. The lowest BCUT2D eigenvalue weighted by Gasteiger charge is -2.17. The molecule has 0 aromatic rings. The summed E-state index contributed by atoms with van der Waals surface area (Å²) < 4.78 is 35.6. The molecule has 0 aromatic carbocycles. The molecular formula is C7H11F3O2. The Balaban J connectivity index is 4.01. The van der Waals surface area contributed by atoms with E-state index >= 15 is 0 Å². The lowest BCUT2D eigenvalue weighted by molar-refractivity contribution is -0.175. The van der Waals surface area contributed by atoms with Gasteiger partial charge in [0.15, 0.2) is 0 Å². The van der Waals surface area contributed by atoms with Crippen LogP contribution < -0.4 is 0 Å². The fourth-order valence-electron chi connectivity index (χ4n) is 0.765. The number of carboxylic acids is 1. The molecule has 2 nitrogen and oxygen atoms in total. The van der Waals surface area contributed by atoms with Gasteiger partial charge >= 0.3 is 12.1 Å². The molecule has 1 N–H and O–H groups in total. The van der Waals surface area contributed by atoms with Crippen molar-refractivity contribution in [3.63, 3.8) is 0 Å². The molecule has 5 heteroatoms. The molecule has 0 heterocycles. The first-order valence-electron chi connectivity index (χ1n) is 3.54. The SMILES string of the molecule is C[C@H](C[C@H](C)C(=O)O)C(F)(F)F. The van der Waals surface area contributed by atoms with Crippen LogP contribution in [0.15, 0.2) is 0 Å². The van der Waals surface area contributed by atoms with Gasteiger partial charge in [-0.25, -0.2) is 0 Å². The van der Waals surface area contributed by atoms with E-state index in [-0.39, 0.29) is 6.42 Å². The van der Waals surface area contributed by atoms with Crippen molar-refractivity contribution in [3.8, 4) is 0 Å². The first-order valence-corrected chi connectivity index (χ1v) is 3.54. The largest absolute Gasteiger partial charge is 0.481 e. The Bertz CT molecular complexity index is 165. The zero-order chi connectivity index (χ0) is 9.94. The van der Waals surface area contributed by atoms with Crippen LogP contribution in [-0.2, 0) is 4.79 Å². The fourth-order valence-corrected chi connectivity index (χ4v) is 0.765. The Morgan fingerprint density at radius 3 is 2.08 bits per heavy atom. The first kappa shape index (κ1) is 11.3. The highest BCUT2D eigenvalue weighted by Crippen LogP contribution is 2.30. The van der Waals surface area contributed by atoms with Crippen molar-refractivity contribution in [2.45, 2.75) is 26.4 Å². The predicted octanol–water partition coefficient (Wildman–Crippen LogP) is 2.30. The van der Waals surface area contributed by atoms with Gasteiger partial charge in [-0.1, -0.05) is 13.8 Å². The zero-order valence-electron chi connectivity index (χ0n) is 6.85. The van der Waals surface area contributed by atoms with E-state index in [0.717, 1.165) is 6.92 Å². The minimum Gasteiger partial charge on any atom is -0.481 e. The van der Waals surface area contributed by atoms with Crippen molar-refractivity contribution in [2.75, 3.05) is 0 Å². The van der Waals surface area contributed by atoms with Crippen molar-refractivity contribution in [2.24, 2.45) is 11.8 Å². The van der Waals surface area contributed by atoms with Gasteiger partial charge in [0, 0.05) is 0 Å². The molecule has 12 heavy (non-hydrogen) atoms. The predicted molar refractivity (Wildman–Crippen MR) is 36.6 cm³/mol. The van der Waals surface area contributed by atoms with E-state index in [1.54, 1.807) is 0 Å². The number of hydrogen-bond donors (Lipinski definition) is 1. The monoisotopic (exact) mass is 184 g/mol. The van der Waals surface area contributed by atoms with Gasteiger partial charge in [-0.15, -0.1) is 0 Å². The fraction of sp³-hybridized carbons (Fsp3) is 0.857. The number of carboxylic acid groups (broad SMARTS) is 1. The molecule has 72 valence electrons. The van der Waals surface area contributed by atoms with E-state index in [4.69, 9.17) is 5.11 Å². The Kier molecular flexibility index (Phi) is 3.55. The Labute approximate surface area is 68.4 Å². The smallest absolute Gasteiger partial charge is 0.391 e. The molecular weight excluding hydrogens is 173 g/mol. The zero-order valence-corrected chi connectivity index (χ0v) is 6.85. The average molecular weight is 184 g/mol. The summed E-state index contributed by atoms with van der Waals surface area (Å²) in [5.41, 5.74) is 0. The van der Waals surface area contributed by atoms with Crippen LogP contribution in [0, 0.1) is 11.8 Å². The molecule has 0 fully saturated rings. The summed E-state index contributed by atoms with van der Waals surface area (Å²) in [5, 5.41) is 8.33. The second-order valence-electron chi connectivity index (χ2n) is 2.92. The molecule has 0 amide bonds. The molecule has 0 saturated heterocycles. The third kappa shape index (κ3) is 3.59. The number of hydrogen-bond acceptors (Lipinski definition) is 1. The summed E-state index contributed by atoms with van der Waals surface area (Å²) in [4.78, 5) is 10.2. The minimum atomic E-state index is -4.29. The number of halogens is 3. The van der Waals surface area contributed by atoms with Gasteiger partial charge in [0.25, 0.3) is 0 Å². The molecule has 0 spiro atoms. The molecule has 0 rings (SSSR count). The van der Waals surface area contributed by atoms with Crippen molar-refractivity contribution in [1.29, 1.82) is 0 Å². The standard InChI is InChI=1S/C7H11F3O2/c1-4(6(11)12)3-5(2)7(8,9)10/h4-5H,3H2,1-2H3,(H,11,12)/t4-,5+/m0/s1. The quantitative estimate of drug-likeness (QED) is 0.730. The number of aliphatic carboxylic acids is 1. The van der Waals surface area contributed by atoms with E-state index in [1.165, 1.54) is 6.92 Å². The molecule has 0 aliphatic carbocycles. The highest BCUT2D eigenvalue weighted by atomic mass is 19.4. The number of rotatable bonds is 3. The van der Waals surface area contributed by atoms with Gasteiger partial charge in [0.05, 0.1) is 11.8 Å². The van der Waals surface area contributed by atoms with Crippen LogP contribution in [-0.4, -0.2) is 17.3 Å². The van der Waals surface area contributed by atoms with E-state index < -0.39 is 24.0 Å². The van der Waals surface area contributed by atoms with Crippen LogP contribution in [0.3, 0.4) is 0 Å². The lowest BCUT2D eigenvalue weighted by Crippen LogP contribution is -2.24. The normalized spacial score (nSPS) is 17.1. The molecule has 0 saturated carbocycles. The third-order valence-electron chi connectivity index (χ3n) is 1.69. The average Bonchev–Trinajstić information content (AvgIpc) is 1.85. The molecule has 0 aromatic heterocycles. The van der Waals surface area contributed by atoms with Gasteiger partial charge in [-0.3, -0.25) is 4.79 Å². The summed E-state index contributed by atoms with van der Waals surface area (Å²) in [5.74, 6) is -3.68. The van der Waals surface area contributed by atoms with Crippen LogP contribution >= 0.6 is 0 Å². The lowest BCUT2D eigenvalue weighted by atomic mass is 9.97. The van der Waals surface area contributed by atoms with Crippen molar-refractivity contribution in [1.82, 2.24) is 0 Å². The summed E-state index contributed by atoms with van der Waals surface area (Å²) in [7, 11) is 0. The van der Waals surface area contributed by atoms with Gasteiger partial charge in [-0.05, 0) is 6.42 Å². The van der Waals surface area contributed by atoms with E-state index in [2.05, 4.69) is 0 Å². The molecule has 0 unspecified atom stereocenters. The van der Waals surface area contributed by atoms with Gasteiger partial charge in [0.1, 0.15) is 0 Å². The molecule has 0 aliphatic heterocycles. The van der Waals surface area contributed by atoms with Crippen LogP contribution in [0.1, 0.15) is 20.3 Å². The highest BCUT2D eigenvalue weighted by Gasteiger charge is 2.37. The van der Waals surface area contributed by atoms with Gasteiger partial charge in [-0.2, -0.15) is 13.2 Å². The molecule has 0 radical (unpaired) electrons. The third-order valence-corrected chi connectivity index (χ3v) is 1.69. The molecule has 2 atom stereocenters. The minimum absolute atomic E-state index is 0.362. The Hall–Kier alpha value is -0.740. The highest BCUT2D eigenvalue weighted by molar-refractivity contribution is 5.69. The van der Waals surface area contributed by atoms with Gasteiger partial charge < -0.3 is 5.11 Å². The van der Waals surface area contributed by atoms with Crippen LogP contribution in [0.4, 0.5) is 13.2 Å². The molecule has 0 aliphatic rings. The summed E-state index contributed by atoms with van der Waals surface area (Å²) in [6, 6.07) is 0. The maximum Gasteiger partial charge on any atom is 0.391 e. The molecule has 0 bridgehead atoms. The topological polar surface area (TPSA) is 37.3 Å². The van der Waals surface area contributed by atoms with E-state index in [0.29, 0.717) is 0 Å². The van der Waals surface area contributed by atoms with Crippen LogP contribution in [0.5, 0.6) is 0 Å². The van der Waals surface area contributed by atoms with Crippen LogP contribution in [0.2, 0.25) is 0 Å².